The van der Waals surface area contributed by atoms with Gasteiger partial charge >= 0.3 is 5.69 Å². The fourth-order valence-electron chi connectivity index (χ4n) is 3.27. The summed E-state index contributed by atoms with van der Waals surface area (Å²) in [6.07, 6.45) is 0. The number of halogens is 1. The van der Waals surface area contributed by atoms with Gasteiger partial charge in [-0.25, -0.2) is 9.78 Å². The number of hydrogen-bond donors (Lipinski definition) is 2. The van der Waals surface area contributed by atoms with E-state index >= 15 is 0 Å². The molecule has 1 amide bonds. The Hall–Kier alpha value is -3.13. The van der Waals surface area contributed by atoms with Gasteiger partial charge in [0.1, 0.15) is 5.75 Å². The number of fused-ring (bicyclic) bond motifs is 1. The van der Waals surface area contributed by atoms with Gasteiger partial charge in [0.05, 0.1) is 23.7 Å². The Bertz CT molecular complexity index is 1260. The average molecular weight is 445 g/mol. The van der Waals surface area contributed by atoms with Crippen LogP contribution in [0.4, 0.5) is 5.69 Å². The molecule has 1 aromatic carbocycles. The second-order valence-corrected chi connectivity index (χ2v) is 8.45. The molecule has 0 atom stereocenters. The van der Waals surface area contributed by atoms with Crippen LogP contribution >= 0.6 is 11.6 Å². The molecule has 0 radical (unpaired) electrons. The standard InChI is InChI=1S/C22H25ClN4O4/c1-11(2)10-27-19-18(21(29)26-22(27)30)14(9-15(24-19)12(3)4)20(28)25-16-8-13(23)6-7-17(16)31-5/h6-9,11-12H,10H2,1-5H3,(H,25,28)(H,26,29,30). The van der Waals surface area contributed by atoms with Crippen molar-refractivity contribution in [2.45, 2.75) is 40.2 Å². The van der Waals surface area contributed by atoms with E-state index in [1.807, 2.05) is 27.7 Å². The predicted molar refractivity (Wildman–Crippen MR) is 122 cm³/mol. The van der Waals surface area contributed by atoms with Gasteiger partial charge in [0.15, 0.2) is 5.65 Å². The number of carbonyl (C=O) groups is 1. The monoisotopic (exact) mass is 444 g/mol. The van der Waals surface area contributed by atoms with Gasteiger partial charge in [-0.1, -0.05) is 39.3 Å². The summed E-state index contributed by atoms with van der Waals surface area (Å²) in [6.45, 7) is 8.11. The van der Waals surface area contributed by atoms with Crippen molar-refractivity contribution in [3.8, 4) is 5.75 Å². The van der Waals surface area contributed by atoms with E-state index in [-0.39, 0.29) is 28.4 Å². The van der Waals surface area contributed by atoms with Gasteiger partial charge in [-0.3, -0.25) is 19.1 Å². The second kappa shape index (κ2) is 8.93. The third kappa shape index (κ3) is 4.64. The van der Waals surface area contributed by atoms with Crippen LogP contribution in [0.15, 0.2) is 33.9 Å². The molecular weight excluding hydrogens is 420 g/mol. The Morgan fingerprint density at radius 1 is 1.23 bits per heavy atom. The minimum absolute atomic E-state index is 0.0291. The van der Waals surface area contributed by atoms with Gasteiger partial charge in [-0.15, -0.1) is 0 Å². The molecule has 3 aromatic rings. The molecule has 2 heterocycles. The first kappa shape index (κ1) is 22.6. The van der Waals surface area contributed by atoms with E-state index < -0.39 is 17.2 Å². The van der Waals surface area contributed by atoms with Crippen LogP contribution in [0.5, 0.6) is 5.75 Å². The lowest BCUT2D eigenvalue weighted by molar-refractivity contribution is 0.102. The highest BCUT2D eigenvalue weighted by molar-refractivity contribution is 6.31. The SMILES string of the molecule is COc1ccc(Cl)cc1NC(=O)c1cc(C(C)C)nc2c1c(=O)[nH]c(=O)n2CC(C)C. The smallest absolute Gasteiger partial charge is 0.330 e. The zero-order valence-corrected chi connectivity index (χ0v) is 18.8. The molecule has 0 saturated heterocycles. The third-order valence-corrected chi connectivity index (χ3v) is 5.00. The van der Waals surface area contributed by atoms with Crippen molar-refractivity contribution in [1.29, 1.82) is 0 Å². The van der Waals surface area contributed by atoms with E-state index in [2.05, 4.69) is 15.3 Å². The number of H-pyrrole nitrogens is 1. The molecule has 2 aromatic heterocycles. The number of aromatic nitrogens is 3. The molecule has 8 nitrogen and oxygen atoms in total. The lowest BCUT2D eigenvalue weighted by atomic mass is 10.0. The number of rotatable bonds is 6. The average Bonchev–Trinajstić information content (AvgIpc) is 2.70. The van der Waals surface area contributed by atoms with Crippen LogP contribution in [-0.4, -0.2) is 27.6 Å². The number of pyridine rings is 1. The highest BCUT2D eigenvalue weighted by Gasteiger charge is 2.21. The van der Waals surface area contributed by atoms with Crippen LogP contribution in [-0.2, 0) is 6.54 Å². The maximum absolute atomic E-state index is 13.3. The molecular formula is C22H25ClN4O4. The Labute approximate surface area is 184 Å². The number of nitrogens with zero attached hydrogens (tertiary/aromatic N) is 2. The van der Waals surface area contributed by atoms with Gasteiger partial charge < -0.3 is 10.1 Å². The van der Waals surface area contributed by atoms with E-state index in [4.69, 9.17) is 16.3 Å². The number of anilines is 1. The lowest BCUT2D eigenvalue weighted by Crippen LogP contribution is -2.33. The molecule has 3 rings (SSSR count). The summed E-state index contributed by atoms with van der Waals surface area (Å²) in [7, 11) is 1.48. The first-order chi connectivity index (χ1) is 14.6. The van der Waals surface area contributed by atoms with Crippen LogP contribution in [0, 0.1) is 5.92 Å². The van der Waals surface area contributed by atoms with Crippen LogP contribution < -0.4 is 21.3 Å². The quantitative estimate of drug-likeness (QED) is 0.601. The summed E-state index contributed by atoms with van der Waals surface area (Å²) in [5.74, 6) is -0.0104. The number of nitrogens with one attached hydrogen (secondary N) is 2. The first-order valence-electron chi connectivity index (χ1n) is 9.95. The fraction of sp³-hybridized carbons (Fsp3) is 0.364. The summed E-state index contributed by atoms with van der Waals surface area (Å²) in [5.41, 5.74) is 0.0565. The maximum Gasteiger partial charge on any atom is 0.330 e. The normalized spacial score (nSPS) is 11.4. The van der Waals surface area contributed by atoms with E-state index in [1.54, 1.807) is 24.3 Å². The summed E-state index contributed by atoms with van der Waals surface area (Å²) < 4.78 is 6.70. The van der Waals surface area contributed by atoms with Gasteiger partial charge in [-0.05, 0) is 36.1 Å². The van der Waals surface area contributed by atoms with Gasteiger partial charge in [-0.2, -0.15) is 0 Å². The third-order valence-electron chi connectivity index (χ3n) is 4.76. The molecule has 0 saturated carbocycles. The molecule has 2 N–H and O–H groups in total. The Morgan fingerprint density at radius 2 is 1.94 bits per heavy atom. The van der Waals surface area contributed by atoms with E-state index in [9.17, 15) is 14.4 Å². The molecule has 0 aliphatic rings. The van der Waals surface area contributed by atoms with E-state index in [0.717, 1.165) is 0 Å². The summed E-state index contributed by atoms with van der Waals surface area (Å²) in [6, 6.07) is 6.42. The number of carbonyl (C=O) groups excluding carboxylic acids is 1. The van der Waals surface area contributed by atoms with Crippen LogP contribution in [0.1, 0.15) is 49.7 Å². The molecule has 9 heteroatoms. The van der Waals surface area contributed by atoms with Crippen molar-refractivity contribution in [3.63, 3.8) is 0 Å². The van der Waals surface area contributed by atoms with Crippen molar-refractivity contribution in [2.75, 3.05) is 12.4 Å². The van der Waals surface area contributed by atoms with Crippen molar-refractivity contribution in [1.82, 2.24) is 14.5 Å². The van der Waals surface area contributed by atoms with Crippen molar-refractivity contribution in [2.24, 2.45) is 5.92 Å². The largest absolute Gasteiger partial charge is 0.495 e. The topological polar surface area (TPSA) is 106 Å². The Kier molecular flexibility index (Phi) is 6.50. The van der Waals surface area contributed by atoms with Crippen molar-refractivity contribution < 1.29 is 9.53 Å². The second-order valence-electron chi connectivity index (χ2n) is 8.01. The highest BCUT2D eigenvalue weighted by Crippen LogP contribution is 2.29. The number of hydrogen-bond acceptors (Lipinski definition) is 5. The van der Waals surface area contributed by atoms with Crippen LogP contribution in [0.3, 0.4) is 0 Å². The zero-order valence-electron chi connectivity index (χ0n) is 18.1. The zero-order chi connectivity index (χ0) is 22.9. The maximum atomic E-state index is 13.3. The number of aromatic amines is 1. The minimum Gasteiger partial charge on any atom is -0.495 e. The van der Waals surface area contributed by atoms with Gasteiger partial charge in [0.25, 0.3) is 11.5 Å². The number of benzene rings is 1. The van der Waals surface area contributed by atoms with Gasteiger partial charge in [0, 0.05) is 17.3 Å². The Balaban J connectivity index is 2.26. The van der Waals surface area contributed by atoms with Crippen molar-refractivity contribution >= 4 is 34.2 Å². The van der Waals surface area contributed by atoms with Crippen LogP contribution in [0.25, 0.3) is 11.0 Å². The van der Waals surface area contributed by atoms with Crippen molar-refractivity contribution in [3.05, 3.63) is 61.4 Å². The summed E-state index contributed by atoms with van der Waals surface area (Å²) in [4.78, 5) is 45.4. The highest BCUT2D eigenvalue weighted by atomic mass is 35.5. The van der Waals surface area contributed by atoms with E-state index in [1.165, 1.54) is 11.7 Å². The number of amides is 1. The summed E-state index contributed by atoms with van der Waals surface area (Å²) in [5, 5.41) is 3.24. The number of methoxy groups -OCH3 is 1. The number of ether oxygens (including phenoxy) is 1. The lowest BCUT2D eigenvalue weighted by Gasteiger charge is -2.16. The molecule has 0 fully saturated rings. The molecule has 0 spiro atoms. The minimum atomic E-state index is -0.661. The molecule has 31 heavy (non-hydrogen) atoms. The van der Waals surface area contributed by atoms with Crippen LogP contribution in [0.2, 0.25) is 5.02 Å². The Morgan fingerprint density at radius 3 is 2.55 bits per heavy atom. The van der Waals surface area contributed by atoms with Gasteiger partial charge in [0.2, 0.25) is 0 Å². The summed E-state index contributed by atoms with van der Waals surface area (Å²) >= 11 is 6.07. The first-order valence-corrected chi connectivity index (χ1v) is 10.3. The molecule has 0 aliphatic carbocycles. The molecule has 0 unspecified atom stereocenters. The fourth-order valence-corrected chi connectivity index (χ4v) is 3.44. The molecule has 0 aliphatic heterocycles. The molecule has 164 valence electrons. The predicted octanol–water partition coefficient (Wildman–Crippen LogP) is 3.78. The van der Waals surface area contributed by atoms with E-state index in [0.29, 0.717) is 28.7 Å². The molecule has 0 bridgehead atoms.